The molecule has 0 amide bonds. The van der Waals surface area contributed by atoms with Gasteiger partial charge in [-0.3, -0.25) is 4.79 Å². The molecule has 2 rings (SSSR count). The lowest BCUT2D eigenvalue weighted by Crippen LogP contribution is -2.11. The molecule has 0 fully saturated rings. The summed E-state index contributed by atoms with van der Waals surface area (Å²) >= 11 is 5.74. The fourth-order valence-corrected chi connectivity index (χ4v) is 1.18. The van der Waals surface area contributed by atoms with Crippen LogP contribution in [0.5, 0.6) is 0 Å². The summed E-state index contributed by atoms with van der Waals surface area (Å²) < 4.78 is 4.65. The Hall–Kier alpha value is -1.82. The van der Waals surface area contributed by atoms with E-state index < -0.39 is 5.56 Å². The van der Waals surface area contributed by atoms with Crippen molar-refractivity contribution in [3.05, 3.63) is 39.6 Å². The molecule has 2 aromatic heterocycles. The van der Waals surface area contributed by atoms with Crippen LogP contribution in [0, 0.1) is 0 Å². The molecule has 0 saturated heterocycles. The molecule has 0 aromatic carbocycles. The summed E-state index contributed by atoms with van der Waals surface area (Å²) in [4.78, 5) is 11.1. The molecule has 0 spiro atoms. The van der Waals surface area contributed by atoms with E-state index in [1.807, 2.05) is 0 Å². The standard InChI is InChI=1S/C8H7ClN4O2/c9-7-6(4-11-12-8(7)14)10-3-5-1-2-15-13-5/h1-2,4H,3H2,(H2,10,12,14). The van der Waals surface area contributed by atoms with Crippen LogP contribution in [0.4, 0.5) is 5.69 Å². The lowest BCUT2D eigenvalue weighted by atomic mass is 10.4. The Balaban J connectivity index is 2.12. The van der Waals surface area contributed by atoms with E-state index in [9.17, 15) is 4.79 Å². The van der Waals surface area contributed by atoms with Crippen molar-refractivity contribution in [2.45, 2.75) is 6.54 Å². The average Bonchev–Trinajstić information content (AvgIpc) is 2.73. The van der Waals surface area contributed by atoms with Crippen molar-refractivity contribution in [3.8, 4) is 0 Å². The third kappa shape index (κ3) is 2.16. The van der Waals surface area contributed by atoms with E-state index in [0.717, 1.165) is 0 Å². The average molecular weight is 227 g/mol. The normalized spacial score (nSPS) is 10.2. The first kappa shape index (κ1) is 9.72. The molecule has 2 aromatic rings. The van der Waals surface area contributed by atoms with Gasteiger partial charge in [0.1, 0.15) is 17.0 Å². The number of hydrogen-bond donors (Lipinski definition) is 2. The highest BCUT2D eigenvalue weighted by Crippen LogP contribution is 2.14. The number of aromatic amines is 1. The third-order valence-electron chi connectivity index (χ3n) is 1.75. The van der Waals surface area contributed by atoms with E-state index in [2.05, 4.69) is 25.2 Å². The van der Waals surface area contributed by atoms with E-state index in [1.165, 1.54) is 12.5 Å². The molecular weight excluding hydrogens is 220 g/mol. The molecule has 2 N–H and O–H groups in total. The molecule has 0 radical (unpaired) electrons. The second-order valence-corrected chi connectivity index (χ2v) is 3.15. The van der Waals surface area contributed by atoms with Crippen LogP contribution < -0.4 is 10.9 Å². The molecule has 0 atom stereocenters. The summed E-state index contributed by atoms with van der Waals surface area (Å²) in [5.41, 5.74) is 0.747. The summed E-state index contributed by atoms with van der Waals surface area (Å²) in [6, 6.07) is 1.71. The van der Waals surface area contributed by atoms with Crippen molar-refractivity contribution in [1.82, 2.24) is 15.4 Å². The maximum absolute atomic E-state index is 11.1. The summed E-state index contributed by atoms with van der Waals surface area (Å²) in [6.45, 7) is 0.418. The van der Waals surface area contributed by atoms with Crippen LogP contribution >= 0.6 is 11.6 Å². The summed E-state index contributed by atoms with van der Waals surface area (Å²) in [7, 11) is 0. The number of aromatic nitrogens is 3. The molecule has 0 aliphatic carbocycles. The number of rotatable bonds is 3. The van der Waals surface area contributed by atoms with Crippen LogP contribution in [0.1, 0.15) is 5.69 Å². The van der Waals surface area contributed by atoms with Crippen molar-refractivity contribution in [2.24, 2.45) is 0 Å². The van der Waals surface area contributed by atoms with Crippen molar-refractivity contribution in [2.75, 3.05) is 5.32 Å². The number of H-pyrrole nitrogens is 1. The first-order chi connectivity index (χ1) is 7.27. The van der Waals surface area contributed by atoms with E-state index in [-0.39, 0.29) is 5.02 Å². The Morgan fingerprint density at radius 2 is 2.47 bits per heavy atom. The van der Waals surface area contributed by atoms with Gasteiger partial charge in [-0.05, 0) is 0 Å². The minimum absolute atomic E-state index is 0.0773. The Morgan fingerprint density at radius 1 is 1.60 bits per heavy atom. The summed E-state index contributed by atoms with van der Waals surface area (Å²) in [5, 5.41) is 12.5. The van der Waals surface area contributed by atoms with Crippen LogP contribution in [0.2, 0.25) is 5.02 Å². The second kappa shape index (κ2) is 4.14. The van der Waals surface area contributed by atoms with Gasteiger partial charge in [0.15, 0.2) is 0 Å². The molecule has 0 aliphatic rings. The summed E-state index contributed by atoms with van der Waals surface area (Å²) in [6.07, 6.45) is 2.90. The predicted molar refractivity (Wildman–Crippen MR) is 53.7 cm³/mol. The van der Waals surface area contributed by atoms with Gasteiger partial charge in [0.2, 0.25) is 0 Å². The quantitative estimate of drug-likeness (QED) is 0.817. The minimum Gasteiger partial charge on any atom is -0.377 e. The maximum Gasteiger partial charge on any atom is 0.285 e. The second-order valence-electron chi connectivity index (χ2n) is 2.77. The van der Waals surface area contributed by atoms with Crippen LogP contribution in [0.25, 0.3) is 0 Å². The highest BCUT2D eigenvalue weighted by molar-refractivity contribution is 6.32. The highest BCUT2D eigenvalue weighted by atomic mass is 35.5. The summed E-state index contributed by atoms with van der Waals surface area (Å²) in [5.74, 6) is 0. The van der Waals surface area contributed by atoms with Crippen LogP contribution in [0.3, 0.4) is 0 Å². The molecule has 7 heteroatoms. The van der Waals surface area contributed by atoms with E-state index in [0.29, 0.717) is 17.9 Å². The molecule has 0 aliphatic heterocycles. The largest absolute Gasteiger partial charge is 0.377 e. The first-order valence-electron chi connectivity index (χ1n) is 4.13. The molecule has 0 bridgehead atoms. The van der Waals surface area contributed by atoms with Gasteiger partial charge < -0.3 is 9.84 Å². The highest BCUT2D eigenvalue weighted by Gasteiger charge is 2.04. The Bertz CT molecular complexity index is 494. The lowest BCUT2D eigenvalue weighted by Gasteiger charge is -2.03. The molecule has 78 valence electrons. The van der Waals surface area contributed by atoms with Gasteiger partial charge in [-0.25, -0.2) is 5.10 Å². The van der Waals surface area contributed by atoms with Crippen molar-refractivity contribution >= 4 is 17.3 Å². The zero-order valence-electron chi connectivity index (χ0n) is 7.53. The zero-order valence-corrected chi connectivity index (χ0v) is 8.28. The van der Waals surface area contributed by atoms with E-state index in [4.69, 9.17) is 11.6 Å². The maximum atomic E-state index is 11.1. The molecule has 0 saturated carbocycles. The minimum atomic E-state index is -0.429. The van der Waals surface area contributed by atoms with Crippen molar-refractivity contribution in [1.29, 1.82) is 0 Å². The molecule has 15 heavy (non-hydrogen) atoms. The van der Waals surface area contributed by atoms with E-state index >= 15 is 0 Å². The smallest absolute Gasteiger partial charge is 0.285 e. The third-order valence-corrected chi connectivity index (χ3v) is 2.12. The Morgan fingerprint density at radius 3 is 3.20 bits per heavy atom. The molecule has 6 nitrogen and oxygen atoms in total. The number of nitrogens with one attached hydrogen (secondary N) is 2. The number of hydrogen-bond acceptors (Lipinski definition) is 5. The SMILES string of the molecule is O=c1[nH]ncc(NCc2ccon2)c1Cl. The zero-order chi connectivity index (χ0) is 10.7. The first-order valence-corrected chi connectivity index (χ1v) is 4.51. The number of halogens is 1. The number of nitrogens with zero attached hydrogens (tertiary/aromatic N) is 2. The van der Waals surface area contributed by atoms with Gasteiger partial charge >= 0.3 is 0 Å². The van der Waals surface area contributed by atoms with Gasteiger partial charge in [-0.2, -0.15) is 5.10 Å². The predicted octanol–water partition coefficient (Wildman–Crippen LogP) is 1.02. The van der Waals surface area contributed by atoms with E-state index in [1.54, 1.807) is 6.07 Å². The van der Waals surface area contributed by atoms with Gasteiger partial charge in [0.05, 0.1) is 18.4 Å². The lowest BCUT2D eigenvalue weighted by molar-refractivity contribution is 0.412. The monoisotopic (exact) mass is 226 g/mol. The van der Waals surface area contributed by atoms with Gasteiger partial charge in [0.25, 0.3) is 5.56 Å². The molecule has 0 unspecified atom stereocenters. The fraction of sp³-hybridized carbons (Fsp3) is 0.125. The molecular formula is C8H7ClN4O2. The van der Waals surface area contributed by atoms with Gasteiger partial charge in [-0.1, -0.05) is 16.8 Å². The molecule has 2 heterocycles. The van der Waals surface area contributed by atoms with Gasteiger partial charge in [0, 0.05) is 6.07 Å². The Kier molecular flexibility index (Phi) is 2.68. The van der Waals surface area contributed by atoms with Crippen molar-refractivity contribution in [3.63, 3.8) is 0 Å². The number of anilines is 1. The van der Waals surface area contributed by atoms with Crippen LogP contribution in [0.15, 0.2) is 27.8 Å². The van der Waals surface area contributed by atoms with Crippen LogP contribution in [-0.4, -0.2) is 15.4 Å². The van der Waals surface area contributed by atoms with Crippen LogP contribution in [-0.2, 0) is 6.54 Å². The Labute approximate surface area is 89.2 Å². The topological polar surface area (TPSA) is 83.8 Å². The van der Waals surface area contributed by atoms with Gasteiger partial charge in [-0.15, -0.1) is 0 Å². The van der Waals surface area contributed by atoms with Crippen molar-refractivity contribution < 1.29 is 4.52 Å². The fourth-order valence-electron chi connectivity index (χ4n) is 1.02.